The van der Waals surface area contributed by atoms with E-state index in [-0.39, 0.29) is 56.6 Å². The maximum atomic E-state index is 14.4. The van der Waals surface area contributed by atoms with Gasteiger partial charge in [-0.2, -0.15) is 0 Å². The highest BCUT2D eigenvalue weighted by molar-refractivity contribution is 5.90. The van der Waals surface area contributed by atoms with Gasteiger partial charge in [0.05, 0.1) is 91.2 Å². The van der Waals surface area contributed by atoms with Crippen molar-refractivity contribution in [2.75, 3.05) is 40.1 Å². The Hall–Kier alpha value is -7.16. The third kappa shape index (κ3) is 22.4. The number of methoxy groups -OCH3 is 1. The number of hydrogen-bond donors (Lipinski definition) is 0. The van der Waals surface area contributed by atoms with Crippen molar-refractivity contribution in [3.8, 4) is 0 Å². The van der Waals surface area contributed by atoms with Gasteiger partial charge < -0.3 is 80.5 Å². The van der Waals surface area contributed by atoms with Crippen LogP contribution in [0.4, 0.5) is 0 Å². The molecule has 0 spiro atoms. The third-order valence-corrected chi connectivity index (χ3v) is 18.2. The molecule has 0 aliphatic carbocycles. The summed E-state index contributed by atoms with van der Waals surface area (Å²) in [5.74, 6) is -2.12. The minimum Gasteiger partial charge on any atom is -0.469 e. The molecule has 35 heteroatoms. The molecule has 2 aromatic carbocycles. The molecule has 5 fully saturated rings. The molecule has 5 heterocycles. The van der Waals surface area contributed by atoms with Gasteiger partial charge in [-0.1, -0.05) is 122 Å². The van der Waals surface area contributed by atoms with Crippen LogP contribution < -0.4 is 0 Å². The van der Waals surface area contributed by atoms with Crippen molar-refractivity contribution in [2.45, 2.75) is 293 Å². The molecule has 10 unspecified atom stereocenters. The second-order valence-electron chi connectivity index (χ2n) is 25.4. The summed E-state index contributed by atoms with van der Waals surface area (Å²) in [5, 5.41) is 20.8. The van der Waals surface area contributed by atoms with Crippen molar-refractivity contribution < 1.29 is 94.9 Å². The van der Waals surface area contributed by atoms with E-state index in [4.69, 9.17) is 80.5 Å². The summed E-state index contributed by atoms with van der Waals surface area (Å²) >= 11 is 0. The second-order valence-corrected chi connectivity index (χ2v) is 25.4. The number of unbranched alkanes of at least 4 members (excludes halogenated alkanes) is 6. The molecule has 0 saturated carbocycles. The Bertz CT molecular complexity index is 3150. The predicted octanol–water partition coefficient (Wildman–Crippen LogP) is 12.6. The zero-order chi connectivity index (χ0) is 73.5. The normalized spacial score (nSPS) is 33.6. The Morgan fingerprint density at radius 3 is 1.04 bits per heavy atom. The minimum atomic E-state index is -1.77. The number of carbonyl (C=O) groups is 3. The number of ether oxygens (including phenoxy) is 17. The standard InChI is InChI=1S/C67H99N15O20/c1-11-15-33-87-51-46(73-78-68)38(5)92-63(91-37-27-21-26-32-45(83)86-10)57(51)100-66-59(53(89-35-17-13-3)48(75-80-70)40(7)95-66)101-64-56(90-36-18-14-4)54(49(76-81-71)41(8)93-64)99-65-58(52(88-34-16-12-2)47(74-79-69)39(6)94-65)102-67-60(98-62(85)44-30-24-20-25-31-44)55(50(77-82-72)42(9)96-67)97-61(84)43-28-22-19-23-29-43/h19-20,22-25,28-31,38-42,46-60,63-67H,11-18,21,26-27,32-37H2,1-10H3/t38?,39?,40?,41?,42?,46-,47-,48-,49-,50-,51?,52?,53?,54?,55?,56-,57-,58-,59-,60-,63+,64-,65-,66-,67-/m1/s1. The van der Waals surface area contributed by atoms with E-state index in [1.54, 1.807) is 71.0 Å². The summed E-state index contributed by atoms with van der Waals surface area (Å²) in [5.41, 5.74) is 51.2. The predicted molar refractivity (Wildman–Crippen MR) is 362 cm³/mol. The molecule has 5 saturated heterocycles. The Balaban J connectivity index is 1.36. The summed E-state index contributed by atoms with van der Waals surface area (Å²) in [6, 6.07) is 10.1. The van der Waals surface area contributed by atoms with Crippen molar-refractivity contribution in [1.29, 1.82) is 0 Å². The summed E-state index contributed by atoms with van der Waals surface area (Å²) in [7, 11) is 1.33. The first kappa shape index (κ1) is 82.1. The number of nitrogens with zero attached hydrogens (tertiary/aromatic N) is 15. The molecule has 0 bridgehead atoms. The quantitative estimate of drug-likeness (QED) is 0.0149. The molecular weight excluding hydrogens is 1330 g/mol. The third-order valence-electron chi connectivity index (χ3n) is 18.2. The van der Waals surface area contributed by atoms with Crippen LogP contribution >= 0.6 is 0 Å². The van der Waals surface area contributed by atoms with Gasteiger partial charge in [-0.25, -0.2) is 9.59 Å². The van der Waals surface area contributed by atoms with Gasteiger partial charge in [0.2, 0.25) is 0 Å². The van der Waals surface area contributed by atoms with Crippen LogP contribution in [0.1, 0.15) is 160 Å². The zero-order valence-electron chi connectivity index (χ0n) is 59.6. The Kier molecular flexibility index (Phi) is 34.8. The van der Waals surface area contributed by atoms with Gasteiger partial charge in [0.15, 0.2) is 43.7 Å². The first-order chi connectivity index (χ1) is 49.5. The van der Waals surface area contributed by atoms with Crippen LogP contribution in [0, 0.1) is 0 Å². The molecule has 102 heavy (non-hydrogen) atoms. The lowest BCUT2D eigenvalue weighted by atomic mass is 9.93. The lowest BCUT2D eigenvalue weighted by Gasteiger charge is -2.52. The van der Waals surface area contributed by atoms with Gasteiger partial charge in [-0.05, 0) is 125 Å². The molecule has 0 N–H and O–H groups in total. The van der Waals surface area contributed by atoms with Gasteiger partial charge >= 0.3 is 17.9 Å². The van der Waals surface area contributed by atoms with Crippen LogP contribution in [0.25, 0.3) is 52.2 Å². The first-order valence-corrected chi connectivity index (χ1v) is 35.3. The van der Waals surface area contributed by atoms with Crippen molar-refractivity contribution in [3.05, 3.63) is 124 Å². The van der Waals surface area contributed by atoms with Crippen LogP contribution in [-0.4, -0.2) is 211 Å². The van der Waals surface area contributed by atoms with Crippen molar-refractivity contribution in [1.82, 2.24) is 0 Å². The van der Waals surface area contributed by atoms with Crippen LogP contribution in [0.3, 0.4) is 0 Å². The number of hydrogen-bond acceptors (Lipinski definition) is 25. The molecule has 25 atom stereocenters. The fraction of sp³-hybridized carbons (Fsp3) is 0.776. The molecule has 562 valence electrons. The van der Waals surface area contributed by atoms with Gasteiger partial charge in [0.25, 0.3) is 0 Å². The molecule has 7 rings (SSSR count). The average molecular weight is 1430 g/mol. The maximum Gasteiger partial charge on any atom is 0.338 e. The highest BCUT2D eigenvalue weighted by Gasteiger charge is 2.59. The highest BCUT2D eigenvalue weighted by atomic mass is 16.8. The monoisotopic (exact) mass is 1430 g/mol. The smallest absolute Gasteiger partial charge is 0.338 e. The van der Waals surface area contributed by atoms with Crippen molar-refractivity contribution in [2.24, 2.45) is 25.6 Å². The molecule has 5 aliphatic heterocycles. The Morgan fingerprint density at radius 1 is 0.363 bits per heavy atom. The number of azide groups is 5. The van der Waals surface area contributed by atoms with Crippen LogP contribution in [-0.2, 0) is 85.3 Å². The van der Waals surface area contributed by atoms with Gasteiger partial charge in [0.1, 0.15) is 36.6 Å². The number of carbonyl (C=O) groups excluding carboxylic acids is 3. The molecule has 0 amide bonds. The molecule has 2 aromatic rings. The Labute approximate surface area is 593 Å². The lowest BCUT2D eigenvalue weighted by Crippen LogP contribution is -2.67. The van der Waals surface area contributed by atoms with Crippen molar-refractivity contribution in [3.63, 3.8) is 0 Å². The van der Waals surface area contributed by atoms with E-state index in [0.717, 1.165) is 6.42 Å². The molecule has 0 aromatic heterocycles. The van der Waals surface area contributed by atoms with E-state index in [1.165, 1.54) is 31.4 Å². The number of esters is 3. The molecule has 0 radical (unpaired) electrons. The molecule has 5 aliphatic rings. The van der Waals surface area contributed by atoms with Crippen LogP contribution in [0.15, 0.2) is 86.2 Å². The lowest BCUT2D eigenvalue weighted by molar-refractivity contribution is -0.390. The minimum absolute atomic E-state index is 0.0374. The Morgan fingerprint density at radius 2 is 0.667 bits per heavy atom. The number of benzene rings is 2. The second kappa shape index (κ2) is 43.2. The van der Waals surface area contributed by atoms with Gasteiger partial charge in [0, 0.05) is 64.0 Å². The van der Waals surface area contributed by atoms with Crippen LogP contribution in [0.5, 0.6) is 0 Å². The van der Waals surface area contributed by atoms with Gasteiger partial charge in [-0.15, -0.1) is 0 Å². The zero-order valence-corrected chi connectivity index (χ0v) is 59.6. The SMILES string of the molecule is CCCCOC1[C@H](N=[N+]=[N-])C(C)O[C@H](OC2[C@H](N=[N+]=[N-])C(C)O[C@H](O[C@@H]3C(OCCCC)[C@H](N=[N+]=[N-])C(C)O[C@@H]3O[C@@H]3C(OCCCC)[C@H](N=[N+]=[N-])C(C)O[C@@H]3OCCCCCC(=O)OC)[C@@H]2OCCCC)[C@@H]1O[C@H]1OC(C)[C@@H](N=[N+]=[N-])C(OC(=O)c2ccccc2)[C@H]1OC(=O)c1ccccc1. The fourth-order valence-electron chi connectivity index (χ4n) is 12.6. The summed E-state index contributed by atoms with van der Waals surface area (Å²) < 4.78 is 113. The van der Waals surface area contributed by atoms with E-state index in [9.17, 15) is 42.0 Å². The molecular formula is C67H99N15O20. The van der Waals surface area contributed by atoms with E-state index in [2.05, 4.69) is 50.1 Å². The summed E-state index contributed by atoms with van der Waals surface area (Å²) in [6.45, 7) is 16.7. The van der Waals surface area contributed by atoms with E-state index in [0.29, 0.717) is 64.2 Å². The van der Waals surface area contributed by atoms with Gasteiger partial charge in [-0.3, -0.25) is 4.79 Å². The summed E-state index contributed by atoms with van der Waals surface area (Å²) in [6.07, 6.45) is -19.8. The first-order valence-electron chi connectivity index (χ1n) is 35.3. The maximum absolute atomic E-state index is 14.4. The topological polar surface area (TPSA) is 452 Å². The highest BCUT2D eigenvalue weighted by Crippen LogP contribution is 2.42. The molecule has 35 nitrogen and oxygen atoms in total. The summed E-state index contributed by atoms with van der Waals surface area (Å²) in [4.78, 5) is 56.5. The van der Waals surface area contributed by atoms with Crippen LogP contribution in [0.2, 0.25) is 0 Å². The van der Waals surface area contributed by atoms with E-state index < -0.39 is 165 Å². The van der Waals surface area contributed by atoms with E-state index >= 15 is 0 Å². The van der Waals surface area contributed by atoms with E-state index in [1.807, 2.05) is 27.7 Å². The average Bonchev–Trinajstić information content (AvgIpc) is 0.766. The van der Waals surface area contributed by atoms with Crippen molar-refractivity contribution >= 4 is 17.9 Å². The fourth-order valence-corrected chi connectivity index (χ4v) is 12.6. The largest absolute Gasteiger partial charge is 0.469 e. The number of rotatable bonds is 40.